The highest BCUT2D eigenvalue weighted by molar-refractivity contribution is 9.10. The Kier molecular flexibility index (Phi) is 4.74. The van der Waals surface area contributed by atoms with E-state index in [1.807, 2.05) is 48.7 Å². The van der Waals surface area contributed by atoms with Gasteiger partial charge in [-0.1, -0.05) is 40.2 Å². The van der Waals surface area contributed by atoms with E-state index in [1.165, 1.54) is 11.3 Å². The molecule has 100 valence electrons. The molecule has 0 aliphatic carbocycles. The fourth-order valence-electron chi connectivity index (χ4n) is 1.80. The van der Waals surface area contributed by atoms with Crippen LogP contribution in [0.1, 0.15) is 29.4 Å². The Morgan fingerprint density at radius 3 is 2.68 bits per heavy atom. The van der Waals surface area contributed by atoms with E-state index in [1.54, 1.807) is 0 Å². The fraction of sp³-hybridized carbons (Fsp3) is 0.214. The van der Waals surface area contributed by atoms with Crippen molar-refractivity contribution in [3.05, 3.63) is 56.7 Å². The molecule has 0 fully saturated rings. The summed E-state index contributed by atoms with van der Waals surface area (Å²) in [5, 5.41) is 4.85. The lowest BCUT2D eigenvalue weighted by Crippen LogP contribution is -2.35. The number of benzene rings is 1. The first kappa shape index (κ1) is 14.2. The third-order valence-corrected chi connectivity index (χ3v) is 4.54. The van der Waals surface area contributed by atoms with Crippen LogP contribution in [0.2, 0.25) is 0 Å². The van der Waals surface area contributed by atoms with Crippen LogP contribution in [0.4, 0.5) is 0 Å². The van der Waals surface area contributed by atoms with E-state index in [4.69, 9.17) is 5.73 Å². The molecule has 2 rings (SSSR count). The second kappa shape index (κ2) is 6.32. The molecule has 3 nitrogen and oxygen atoms in total. The zero-order chi connectivity index (χ0) is 13.8. The van der Waals surface area contributed by atoms with Crippen LogP contribution in [-0.4, -0.2) is 5.91 Å². The lowest BCUT2D eigenvalue weighted by molar-refractivity contribution is -0.123. The Bertz CT molecular complexity index is 556. The van der Waals surface area contributed by atoms with Gasteiger partial charge >= 0.3 is 0 Å². The van der Waals surface area contributed by atoms with Crippen molar-refractivity contribution in [3.8, 4) is 0 Å². The molecular weight excluding hydrogens is 324 g/mol. The lowest BCUT2D eigenvalue weighted by Gasteiger charge is -2.18. The summed E-state index contributed by atoms with van der Waals surface area (Å²) >= 11 is 4.97. The van der Waals surface area contributed by atoms with E-state index in [0.717, 1.165) is 14.9 Å². The maximum absolute atomic E-state index is 12.1. The van der Waals surface area contributed by atoms with Gasteiger partial charge in [-0.25, -0.2) is 0 Å². The van der Waals surface area contributed by atoms with E-state index in [2.05, 4.69) is 21.2 Å². The van der Waals surface area contributed by atoms with Gasteiger partial charge in [0.05, 0.1) is 6.04 Å². The Balaban J connectivity index is 2.05. The molecule has 2 aromatic rings. The molecule has 0 aliphatic rings. The number of hydrogen-bond donors (Lipinski definition) is 2. The number of carbonyl (C=O) groups excluding carboxylic acids is 1. The van der Waals surface area contributed by atoms with Gasteiger partial charge in [-0.05, 0) is 30.0 Å². The van der Waals surface area contributed by atoms with Crippen LogP contribution >= 0.6 is 27.3 Å². The molecule has 2 unspecified atom stereocenters. The molecule has 1 aromatic heterocycles. The van der Waals surface area contributed by atoms with Crippen LogP contribution in [0.15, 0.2) is 46.3 Å². The number of nitrogens with two attached hydrogens (primary N) is 1. The molecule has 2 atom stereocenters. The number of halogens is 1. The summed E-state index contributed by atoms with van der Waals surface area (Å²) in [5.41, 5.74) is 6.97. The van der Waals surface area contributed by atoms with Gasteiger partial charge in [0.15, 0.2) is 0 Å². The van der Waals surface area contributed by atoms with E-state index >= 15 is 0 Å². The number of amides is 1. The number of nitrogens with one attached hydrogen (secondary N) is 1. The van der Waals surface area contributed by atoms with Crippen molar-refractivity contribution < 1.29 is 4.79 Å². The molecule has 3 N–H and O–H groups in total. The normalized spacial score (nSPS) is 13.8. The number of carbonyl (C=O) groups is 1. The largest absolute Gasteiger partial charge is 0.348 e. The summed E-state index contributed by atoms with van der Waals surface area (Å²) in [7, 11) is 0. The molecule has 0 aliphatic heterocycles. The van der Waals surface area contributed by atoms with Gasteiger partial charge in [0, 0.05) is 9.35 Å². The average molecular weight is 339 g/mol. The maximum Gasteiger partial charge on any atom is 0.242 e. The molecule has 0 spiro atoms. The maximum atomic E-state index is 12.1. The third kappa shape index (κ3) is 3.43. The highest BCUT2D eigenvalue weighted by Crippen LogP contribution is 2.24. The van der Waals surface area contributed by atoms with Gasteiger partial charge in [-0.3, -0.25) is 4.79 Å². The molecule has 19 heavy (non-hydrogen) atoms. The van der Waals surface area contributed by atoms with Crippen LogP contribution in [0.25, 0.3) is 0 Å². The molecule has 1 heterocycles. The standard InChI is InChI=1S/C14H15BrN2OS/c1-9(10-5-2-3-6-11(10)15)17-14(18)13(16)12-7-4-8-19-12/h2-9,13H,16H2,1H3,(H,17,18). The summed E-state index contributed by atoms with van der Waals surface area (Å²) < 4.78 is 0.979. The van der Waals surface area contributed by atoms with Crippen molar-refractivity contribution in [3.63, 3.8) is 0 Å². The van der Waals surface area contributed by atoms with Gasteiger partial charge in [0.1, 0.15) is 6.04 Å². The van der Waals surface area contributed by atoms with Crippen molar-refractivity contribution in [2.75, 3.05) is 0 Å². The quantitative estimate of drug-likeness (QED) is 0.897. The van der Waals surface area contributed by atoms with Gasteiger partial charge in [0.2, 0.25) is 5.91 Å². The van der Waals surface area contributed by atoms with E-state index in [9.17, 15) is 4.79 Å². The summed E-state index contributed by atoms with van der Waals surface area (Å²) in [4.78, 5) is 13.0. The average Bonchev–Trinajstić information content (AvgIpc) is 2.92. The second-order valence-electron chi connectivity index (χ2n) is 4.24. The van der Waals surface area contributed by atoms with Crippen LogP contribution in [0.5, 0.6) is 0 Å². The molecule has 0 saturated heterocycles. The number of thiophene rings is 1. The SMILES string of the molecule is CC(NC(=O)C(N)c1cccs1)c1ccccc1Br. The van der Waals surface area contributed by atoms with E-state index < -0.39 is 6.04 Å². The summed E-state index contributed by atoms with van der Waals surface area (Å²) in [6.07, 6.45) is 0. The Morgan fingerprint density at radius 2 is 2.05 bits per heavy atom. The highest BCUT2D eigenvalue weighted by Gasteiger charge is 2.19. The van der Waals surface area contributed by atoms with Crippen LogP contribution < -0.4 is 11.1 Å². The van der Waals surface area contributed by atoms with E-state index in [0.29, 0.717) is 0 Å². The Hall–Kier alpha value is -1.17. The minimum Gasteiger partial charge on any atom is -0.348 e. The minimum absolute atomic E-state index is 0.0888. The molecule has 1 amide bonds. The molecule has 0 saturated carbocycles. The van der Waals surface area contributed by atoms with Crippen molar-refractivity contribution in [2.24, 2.45) is 5.73 Å². The van der Waals surface area contributed by atoms with Gasteiger partial charge in [-0.15, -0.1) is 11.3 Å². The van der Waals surface area contributed by atoms with Crippen molar-refractivity contribution in [1.29, 1.82) is 0 Å². The monoisotopic (exact) mass is 338 g/mol. The smallest absolute Gasteiger partial charge is 0.242 e. The van der Waals surface area contributed by atoms with E-state index in [-0.39, 0.29) is 11.9 Å². The molecular formula is C14H15BrN2OS. The number of rotatable bonds is 4. The predicted molar refractivity (Wildman–Crippen MR) is 81.9 cm³/mol. The van der Waals surface area contributed by atoms with Gasteiger partial charge < -0.3 is 11.1 Å². The van der Waals surface area contributed by atoms with Crippen LogP contribution in [0, 0.1) is 0 Å². The minimum atomic E-state index is -0.607. The molecule has 1 aromatic carbocycles. The first-order valence-electron chi connectivity index (χ1n) is 5.93. The lowest BCUT2D eigenvalue weighted by atomic mass is 10.1. The zero-order valence-corrected chi connectivity index (χ0v) is 12.9. The predicted octanol–water partition coefficient (Wildman–Crippen LogP) is 3.39. The molecule has 0 radical (unpaired) electrons. The van der Waals surface area contributed by atoms with Crippen molar-refractivity contribution in [1.82, 2.24) is 5.32 Å². The fourth-order valence-corrected chi connectivity index (χ4v) is 3.16. The Morgan fingerprint density at radius 1 is 1.32 bits per heavy atom. The second-order valence-corrected chi connectivity index (χ2v) is 6.08. The van der Waals surface area contributed by atoms with Crippen molar-refractivity contribution >= 4 is 33.2 Å². The van der Waals surface area contributed by atoms with Crippen LogP contribution in [0.3, 0.4) is 0 Å². The van der Waals surface area contributed by atoms with Gasteiger partial charge in [-0.2, -0.15) is 0 Å². The summed E-state index contributed by atoms with van der Waals surface area (Å²) in [5.74, 6) is -0.161. The first-order valence-corrected chi connectivity index (χ1v) is 7.60. The highest BCUT2D eigenvalue weighted by atomic mass is 79.9. The van der Waals surface area contributed by atoms with Crippen molar-refractivity contribution in [2.45, 2.75) is 19.0 Å². The van der Waals surface area contributed by atoms with Gasteiger partial charge in [0.25, 0.3) is 0 Å². The third-order valence-electron chi connectivity index (χ3n) is 2.86. The Labute approximate surface area is 125 Å². The topological polar surface area (TPSA) is 55.1 Å². The molecule has 0 bridgehead atoms. The zero-order valence-electron chi connectivity index (χ0n) is 10.5. The first-order chi connectivity index (χ1) is 9.09. The van der Waals surface area contributed by atoms with Crippen LogP contribution in [-0.2, 0) is 4.79 Å². The number of hydrogen-bond acceptors (Lipinski definition) is 3. The summed E-state index contributed by atoms with van der Waals surface area (Å²) in [6, 6.07) is 10.9. The summed E-state index contributed by atoms with van der Waals surface area (Å²) in [6.45, 7) is 1.94. The molecule has 5 heteroatoms.